The van der Waals surface area contributed by atoms with Gasteiger partial charge in [-0.3, -0.25) is 14.4 Å². The standard InChI is InChI=1S/C36H45N3O4S/c1-6-15-25(4)37(22-7-2)34(43)31-36-21-20-35(5,44-36)29(32(41)38(23-8-3)27-18-13-10-14-19-27)30(36)33(42)39(31)28(24-40)26-16-11-9-12-17-26/h7-14,16-19,25,28-31,40H,2-3,6,15,20-24H2,1,4-5H3/t25?,28-,29+,30+,31?,35-,36?/m1/s1. The number of thioether (sulfide) groups is 1. The van der Waals surface area contributed by atoms with E-state index in [-0.39, 0.29) is 30.4 Å². The number of rotatable bonds is 13. The van der Waals surface area contributed by atoms with Crippen LogP contribution in [0.1, 0.15) is 58.1 Å². The van der Waals surface area contributed by atoms with E-state index >= 15 is 0 Å². The molecule has 2 bridgehead atoms. The Morgan fingerprint density at radius 2 is 1.68 bits per heavy atom. The number of carbonyl (C=O) groups is 3. The van der Waals surface area contributed by atoms with Crippen molar-refractivity contribution in [3.8, 4) is 0 Å². The highest BCUT2D eigenvalue weighted by molar-refractivity contribution is 8.02. The van der Waals surface area contributed by atoms with Gasteiger partial charge in [-0.2, -0.15) is 0 Å². The number of hydrogen-bond acceptors (Lipinski definition) is 5. The molecule has 8 heteroatoms. The number of fused-ring (bicyclic) bond motifs is 1. The molecule has 0 aliphatic carbocycles. The van der Waals surface area contributed by atoms with E-state index < -0.39 is 33.4 Å². The zero-order chi connectivity index (χ0) is 31.6. The molecular weight excluding hydrogens is 570 g/mol. The van der Waals surface area contributed by atoms with Gasteiger partial charge < -0.3 is 19.8 Å². The van der Waals surface area contributed by atoms with Crippen LogP contribution in [-0.2, 0) is 14.4 Å². The first kappa shape index (κ1) is 32.0. The quantitative estimate of drug-likeness (QED) is 0.296. The summed E-state index contributed by atoms with van der Waals surface area (Å²) in [7, 11) is 0. The van der Waals surface area contributed by atoms with Crippen LogP contribution in [0.5, 0.6) is 0 Å². The summed E-state index contributed by atoms with van der Waals surface area (Å²) in [6.45, 7) is 14.4. The van der Waals surface area contributed by atoms with Gasteiger partial charge in [0.05, 0.1) is 29.2 Å². The molecule has 3 fully saturated rings. The average Bonchev–Trinajstić information content (AvgIpc) is 3.60. The van der Waals surface area contributed by atoms with Crippen molar-refractivity contribution in [1.82, 2.24) is 9.80 Å². The number of likely N-dealkylation sites (tertiary alicyclic amines) is 1. The van der Waals surface area contributed by atoms with Gasteiger partial charge >= 0.3 is 0 Å². The summed E-state index contributed by atoms with van der Waals surface area (Å²) in [4.78, 5) is 49.7. The minimum atomic E-state index is -0.828. The summed E-state index contributed by atoms with van der Waals surface area (Å²) in [5.41, 5.74) is 1.52. The third-order valence-corrected chi connectivity index (χ3v) is 11.9. The van der Waals surface area contributed by atoms with Crippen molar-refractivity contribution in [2.45, 2.75) is 74.1 Å². The number of nitrogens with zero attached hydrogens (tertiary/aromatic N) is 3. The molecule has 3 unspecified atom stereocenters. The van der Waals surface area contributed by atoms with Crippen LogP contribution in [0.4, 0.5) is 5.69 Å². The second-order valence-corrected chi connectivity index (χ2v) is 14.5. The summed E-state index contributed by atoms with van der Waals surface area (Å²) >= 11 is 1.66. The zero-order valence-corrected chi connectivity index (χ0v) is 26.9. The summed E-state index contributed by atoms with van der Waals surface area (Å²) < 4.78 is -1.32. The van der Waals surface area contributed by atoms with Crippen LogP contribution in [0.15, 0.2) is 86.0 Å². The van der Waals surface area contributed by atoms with E-state index in [0.717, 1.165) is 24.1 Å². The van der Waals surface area contributed by atoms with E-state index in [1.54, 1.807) is 33.7 Å². The Hall–Kier alpha value is -3.36. The first-order valence-electron chi connectivity index (χ1n) is 15.8. The molecule has 1 N–H and O–H groups in total. The highest BCUT2D eigenvalue weighted by Crippen LogP contribution is 2.72. The summed E-state index contributed by atoms with van der Waals surface area (Å²) in [5.74, 6) is -1.82. The SMILES string of the molecule is C=CCN(C(=O)[C@@H]1[C@H]2C(=O)N([C@H](CO)c3ccccc3)C(C(=O)N(CC=C)C(C)CCC)C23CC[C@@]1(C)S3)c1ccccc1. The maximum atomic E-state index is 14.9. The van der Waals surface area contributed by atoms with Gasteiger partial charge in [0, 0.05) is 29.6 Å². The van der Waals surface area contributed by atoms with Crippen LogP contribution in [0, 0.1) is 11.8 Å². The van der Waals surface area contributed by atoms with E-state index in [0.29, 0.717) is 25.9 Å². The van der Waals surface area contributed by atoms with Gasteiger partial charge in [0.15, 0.2) is 0 Å². The van der Waals surface area contributed by atoms with E-state index in [1.807, 2.05) is 72.5 Å². The molecule has 3 amide bonds. The van der Waals surface area contributed by atoms with E-state index in [2.05, 4.69) is 27.0 Å². The first-order chi connectivity index (χ1) is 21.2. The average molecular weight is 616 g/mol. The molecule has 3 aliphatic rings. The third kappa shape index (κ3) is 5.20. The van der Waals surface area contributed by atoms with Crippen LogP contribution in [0.25, 0.3) is 0 Å². The number of benzene rings is 2. The number of para-hydroxylation sites is 1. The lowest BCUT2D eigenvalue weighted by Gasteiger charge is -2.41. The number of amides is 3. The van der Waals surface area contributed by atoms with Crippen molar-refractivity contribution >= 4 is 35.2 Å². The van der Waals surface area contributed by atoms with Crippen LogP contribution in [0.2, 0.25) is 0 Å². The van der Waals surface area contributed by atoms with Crippen molar-refractivity contribution in [2.24, 2.45) is 11.8 Å². The van der Waals surface area contributed by atoms with Crippen molar-refractivity contribution in [1.29, 1.82) is 0 Å². The Balaban J connectivity index is 1.65. The fourth-order valence-corrected chi connectivity index (χ4v) is 10.3. The van der Waals surface area contributed by atoms with Crippen LogP contribution >= 0.6 is 11.8 Å². The minimum absolute atomic E-state index is 0.0556. The maximum absolute atomic E-state index is 14.9. The highest BCUT2D eigenvalue weighted by Gasteiger charge is 2.78. The van der Waals surface area contributed by atoms with Gasteiger partial charge in [-0.05, 0) is 50.8 Å². The molecule has 2 aromatic rings. The number of aliphatic hydroxyl groups is 1. The van der Waals surface area contributed by atoms with Gasteiger partial charge in [0.1, 0.15) is 6.04 Å². The number of carbonyl (C=O) groups excluding carboxylic acids is 3. The van der Waals surface area contributed by atoms with E-state index in [1.165, 1.54) is 0 Å². The topological polar surface area (TPSA) is 81.2 Å². The van der Waals surface area contributed by atoms with Crippen molar-refractivity contribution < 1.29 is 19.5 Å². The molecule has 234 valence electrons. The Kier molecular flexibility index (Phi) is 9.42. The Labute approximate surface area is 266 Å². The van der Waals surface area contributed by atoms with E-state index in [4.69, 9.17) is 0 Å². The zero-order valence-electron chi connectivity index (χ0n) is 26.1. The molecule has 7 atom stereocenters. The van der Waals surface area contributed by atoms with Gasteiger partial charge in [0.2, 0.25) is 17.7 Å². The lowest BCUT2D eigenvalue weighted by Crippen LogP contribution is -2.57. The molecule has 1 spiro atoms. The second-order valence-electron chi connectivity index (χ2n) is 12.6. The Morgan fingerprint density at radius 1 is 1.05 bits per heavy atom. The summed E-state index contributed by atoms with van der Waals surface area (Å²) in [6.07, 6.45) is 6.53. The Bertz CT molecular complexity index is 1390. The van der Waals surface area contributed by atoms with Gasteiger partial charge in [-0.15, -0.1) is 24.9 Å². The summed E-state index contributed by atoms with van der Waals surface area (Å²) in [5, 5.41) is 10.8. The number of aliphatic hydroxyl groups excluding tert-OH is 1. The second kappa shape index (κ2) is 12.9. The first-order valence-corrected chi connectivity index (χ1v) is 16.6. The maximum Gasteiger partial charge on any atom is 0.247 e. The van der Waals surface area contributed by atoms with Gasteiger partial charge in [-0.1, -0.05) is 74.0 Å². The molecule has 7 nitrogen and oxygen atoms in total. The lowest BCUT2D eigenvalue weighted by atomic mass is 9.66. The summed E-state index contributed by atoms with van der Waals surface area (Å²) in [6, 6.07) is 17.3. The minimum Gasteiger partial charge on any atom is -0.394 e. The molecule has 0 saturated carbocycles. The fourth-order valence-electron chi connectivity index (χ4n) is 7.97. The van der Waals surface area contributed by atoms with Crippen LogP contribution in [-0.4, -0.2) is 73.9 Å². The predicted molar refractivity (Wildman–Crippen MR) is 177 cm³/mol. The van der Waals surface area contributed by atoms with Crippen LogP contribution in [0.3, 0.4) is 0 Å². The molecule has 44 heavy (non-hydrogen) atoms. The van der Waals surface area contributed by atoms with Gasteiger partial charge in [-0.25, -0.2) is 0 Å². The lowest BCUT2D eigenvalue weighted by molar-refractivity contribution is -0.147. The van der Waals surface area contributed by atoms with Crippen molar-refractivity contribution in [3.05, 3.63) is 91.5 Å². The predicted octanol–water partition coefficient (Wildman–Crippen LogP) is 5.62. The van der Waals surface area contributed by atoms with Gasteiger partial charge in [0.25, 0.3) is 0 Å². The molecule has 3 heterocycles. The van der Waals surface area contributed by atoms with Crippen molar-refractivity contribution in [3.63, 3.8) is 0 Å². The molecule has 2 aromatic carbocycles. The van der Waals surface area contributed by atoms with Crippen LogP contribution < -0.4 is 4.90 Å². The number of anilines is 1. The van der Waals surface area contributed by atoms with Crippen molar-refractivity contribution in [2.75, 3.05) is 24.6 Å². The monoisotopic (exact) mass is 615 g/mol. The van der Waals surface area contributed by atoms with E-state index in [9.17, 15) is 19.5 Å². The highest BCUT2D eigenvalue weighted by atomic mass is 32.2. The third-order valence-electron chi connectivity index (χ3n) is 9.90. The molecule has 5 rings (SSSR count). The molecule has 0 radical (unpaired) electrons. The molecule has 0 aromatic heterocycles. The normalized spacial score (nSPS) is 28.3. The Morgan fingerprint density at radius 3 is 2.27 bits per heavy atom. The molecule has 3 aliphatic heterocycles. The fraction of sp³-hybridized carbons (Fsp3) is 0.472. The smallest absolute Gasteiger partial charge is 0.247 e. The number of hydrogen-bond donors (Lipinski definition) is 1. The molecule has 3 saturated heterocycles. The molecular formula is C36H45N3O4S. The largest absolute Gasteiger partial charge is 0.394 e.